The van der Waals surface area contributed by atoms with Crippen LogP contribution in [0.2, 0.25) is 0 Å². The molecule has 1 rings (SSSR count). The van der Waals surface area contributed by atoms with E-state index in [2.05, 4.69) is 0 Å². The lowest BCUT2D eigenvalue weighted by atomic mass is 10.0. The topological polar surface area (TPSA) is 70.0 Å². The van der Waals surface area contributed by atoms with Gasteiger partial charge >= 0.3 is 6.09 Å². The molecule has 0 aliphatic heterocycles. The smallest absolute Gasteiger partial charge is 0.410 e. The summed E-state index contributed by atoms with van der Waals surface area (Å²) in [5.74, 6) is 0. The molecule has 1 aromatic carbocycles. The molecule has 1 unspecified atom stereocenters. The van der Waals surface area contributed by atoms with Crippen molar-refractivity contribution >= 4 is 6.09 Å². The predicted octanol–water partition coefficient (Wildman–Crippen LogP) is 2.08. The lowest BCUT2D eigenvalue weighted by Gasteiger charge is -2.35. The molecule has 0 aliphatic carbocycles. The highest BCUT2D eigenvalue weighted by Gasteiger charge is 2.29. The van der Waals surface area contributed by atoms with Crippen molar-refractivity contribution in [2.45, 2.75) is 39.0 Å². The van der Waals surface area contributed by atoms with Gasteiger partial charge in [-0.2, -0.15) is 0 Å². The van der Waals surface area contributed by atoms with Crippen molar-refractivity contribution < 1.29 is 19.7 Å². The summed E-state index contributed by atoms with van der Waals surface area (Å²) in [6.07, 6.45) is -1.27. The Balaban J connectivity index is 2.84. The number of carbonyl (C=O) groups excluding carboxylic acids is 1. The van der Waals surface area contributed by atoms with Crippen molar-refractivity contribution in [3.8, 4) is 0 Å². The van der Waals surface area contributed by atoms with Crippen molar-refractivity contribution in [1.29, 1.82) is 0 Å². The molecular weight excluding hydrogens is 258 g/mol. The van der Waals surface area contributed by atoms with Crippen LogP contribution in [0.4, 0.5) is 4.79 Å². The Bertz CT molecular complexity index is 436. The van der Waals surface area contributed by atoms with E-state index in [1.807, 2.05) is 20.8 Å². The summed E-state index contributed by atoms with van der Waals surface area (Å²) < 4.78 is 4.75. The molecule has 0 spiro atoms. The van der Waals surface area contributed by atoms with Crippen LogP contribution in [-0.4, -0.2) is 40.4 Å². The fraction of sp³-hybridized carbons (Fsp3) is 0.533. The minimum atomic E-state index is -0.805. The van der Waals surface area contributed by atoms with Crippen LogP contribution in [0.1, 0.15) is 38.0 Å². The van der Waals surface area contributed by atoms with Gasteiger partial charge in [0.1, 0.15) is 0 Å². The second-order valence-corrected chi connectivity index (χ2v) is 5.67. The number of aliphatic hydroxyl groups is 2. The van der Waals surface area contributed by atoms with E-state index in [0.717, 1.165) is 5.56 Å². The van der Waals surface area contributed by atoms with Crippen LogP contribution < -0.4 is 0 Å². The number of rotatable bonds is 4. The first-order chi connectivity index (χ1) is 9.29. The van der Waals surface area contributed by atoms with Gasteiger partial charge in [0.2, 0.25) is 0 Å². The van der Waals surface area contributed by atoms with E-state index >= 15 is 0 Å². The third-order valence-corrected chi connectivity index (χ3v) is 3.11. The summed E-state index contributed by atoms with van der Waals surface area (Å²) in [5.41, 5.74) is 1.03. The van der Waals surface area contributed by atoms with E-state index in [-0.39, 0.29) is 13.2 Å². The standard InChI is InChI=1S/C15H23NO4/c1-15(2,3)16(14(19)20-4)9-13(18)12-7-5-11(10-17)6-8-12/h5-8,13,17-18H,9-10H2,1-4H3. The van der Waals surface area contributed by atoms with E-state index in [4.69, 9.17) is 9.84 Å². The van der Waals surface area contributed by atoms with Gasteiger partial charge in [-0.3, -0.25) is 0 Å². The highest BCUT2D eigenvalue weighted by atomic mass is 16.5. The first-order valence-electron chi connectivity index (χ1n) is 6.53. The molecule has 0 radical (unpaired) electrons. The molecule has 5 heteroatoms. The highest BCUT2D eigenvalue weighted by Crippen LogP contribution is 2.21. The molecule has 112 valence electrons. The summed E-state index contributed by atoms with van der Waals surface area (Å²) in [6.45, 7) is 5.75. The Morgan fingerprint density at radius 3 is 2.25 bits per heavy atom. The molecule has 1 aromatic rings. The van der Waals surface area contributed by atoms with E-state index in [1.165, 1.54) is 12.0 Å². The maximum Gasteiger partial charge on any atom is 0.410 e. The van der Waals surface area contributed by atoms with Crippen molar-refractivity contribution in [2.75, 3.05) is 13.7 Å². The van der Waals surface area contributed by atoms with Crippen LogP contribution in [0.3, 0.4) is 0 Å². The molecular formula is C15H23NO4. The molecule has 0 heterocycles. The Kier molecular flexibility index (Phi) is 5.53. The Labute approximate surface area is 119 Å². The summed E-state index contributed by atoms with van der Waals surface area (Å²) in [6, 6.07) is 6.99. The van der Waals surface area contributed by atoms with Gasteiger partial charge in [0.15, 0.2) is 0 Å². The maximum atomic E-state index is 11.8. The molecule has 0 fully saturated rings. The Hall–Kier alpha value is -1.59. The molecule has 5 nitrogen and oxygen atoms in total. The minimum Gasteiger partial charge on any atom is -0.453 e. The predicted molar refractivity (Wildman–Crippen MR) is 76.2 cm³/mol. The first kappa shape index (κ1) is 16.5. The first-order valence-corrected chi connectivity index (χ1v) is 6.53. The van der Waals surface area contributed by atoms with Gasteiger partial charge in [-0.1, -0.05) is 24.3 Å². The van der Waals surface area contributed by atoms with Crippen LogP contribution in [0, 0.1) is 0 Å². The number of amides is 1. The number of ether oxygens (including phenoxy) is 1. The zero-order chi connectivity index (χ0) is 15.3. The van der Waals surface area contributed by atoms with E-state index in [9.17, 15) is 9.90 Å². The van der Waals surface area contributed by atoms with Crippen molar-refractivity contribution in [1.82, 2.24) is 4.90 Å². The van der Waals surface area contributed by atoms with Crippen LogP contribution >= 0.6 is 0 Å². The van der Waals surface area contributed by atoms with Crippen LogP contribution in [0.15, 0.2) is 24.3 Å². The molecule has 0 aromatic heterocycles. The second kappa shape index (κ2) is 6.72. The number of aliphatic hydroxyl groups excluding tert-OH is 2. The van der Waals surface area contributed by atoms with Crippen molar-refractivity contribution in [3.63, 3.8) is 0 Å². The molecule has 1 atom stereocenters. The summed E-state index contributed by atoms with van der Waals surface area (Å²) in [7, 11) is 1.32. The molecule has 0 saturated heterocycles. The van der Waals surface area contributed by atoms with Gasteiger partial charge in [0.25, 0.3) is 0 Å². The van der Waals surface area contributed by atoms with Gasteiger partial charge < -0.3 is 19.8 Å². The molecule has 2 N–H and O–H groups in total. The summed E-state index contributed by atoms with van der Waals surface area (Å²) >= 11 is 0. The average Bonchev–Trinajstić information content (AvgIpc) is 2.42. The van der Waals surface area contributed by atoms with Crippen molar-refractivity contribution in [3.05, 3.63) is 35.4 Å². The van der Waals surface area contributed by atoms with Gasteiger partial charge in [-0.15, -0.1) is 0 Å². The minimum absolute atomic E-state index is 0.0351. The largest absolute Gasteiger partial charge is 0.453 e. The zero-order valence-electron chi connectivity index (χ0n) is 12.5. The van der Waals surface area contributed by atoms with E-state index in [0.29, 0.717) is 5.56 Å². The highest BCUT2D eigenvalue weighted by molar-refractivity contribution is 5.68. The van der Waals surface area contributed by atoms with E-state index in [1.54, 1.807) is 24.3 Å². The SMILES string of the molecule is COC(=O)N(CC(O)c1ccc(CO)cc1)C(C)(C)C. The number of nitrogens with zero attached hydrogens (tertiary/aromatic N) is 1. The van der Waals surface area contributed by atoms with E-state index < -0.39 is 17.7 Å². The molecule has 1 amide bonds. The van der Waals surface area contributed by atoms with Gasteiger partial charge in [0, 0.05) is 5.54 Å². The Morgan fingerprint density at radius 2 is 1.85 bits per heavy atom. The summed E-state index contributed by atoms with van der Waals surface area (Å²) in [5, 5.41) is 19.2. The number of β-amino-alcohol motifs (C(OH)–C–C–N with tert-alkyl or cyclic N) is 1. The third-order valence-electron chi connectivity index (χ3n) is 3.11. The zero-order valence-corrected chi connectivity index (χ0v) is 12.5. The fourth-order valence-corrected chi connectivity index (χ4v) is 1.86. The maximum absolute atomic E-state index is 11.8. The number of hydrogen-bond donors (Lipinski definition) is 2. The Morgan fingerprint density at radius 1 is 1.30 bits per heavy atom. The molecule has 0 aliphatic rings. The van der Waals surface area contributed by atoms with Gasteiger partial charge in [0.05, 0.1) is 26.4 Å². The van der Waals surface area contributed by atoms with Crippen molar-refractivity contribution in [2.24, 2.45) is 0 Å². The van der Waals surface area contributed by atoms with Crippen LogP contribution in [-0.2, 0) is 11.3 Å². The monoisotopic (exact) mass is 281 g/mol. The van der Waals surface area contributed by atoms with Gasteiger partial charge in [-0.05, 0) is 31.9 Å². The molecule has 0 saturated carbocycles. The van der Waals surface area contributed by atoms with Gasteiger partial charge in [-0.25, -0.2) is 4.79 Å². The lowest BCUT2D eigenvalue weighted by Crippen LogP contribution is -2.47. The number of methoxy groups -OCH3 is 1. The quantitative estimate of drug-likeness (QED) is 0.886. The third kappa shape index (κ3) is 4.21. The lowest BCUT2D eigenvalue weighted by molar-refractivity contribution is 0.0461. The van der Waals surface area contributed by atoms with Crippen LogP contribution in [0.25, 0.3) is 0 Å². The number of carbonyl (C=O) groups is 1. The van der Waals surface area contributed by atoms with Crippen LogP contribution in [0.5, 0.6) is 0 Å². The summed E-state index contributed by atoms with van der Waals surface area (Å²) in [4.78, 5) is 13.3. The molecule has 0 bridgehead atoms. The molecule has 20 heavy (non-hydrogen) atoms. The average molecular weight is 281 g/mol. The number of hydrogen-bond acceptors (Lipinski definition) is 4. The number of benzene rings is 1. The second-order valence-electron chi connectivity index (χ2n) is 5.67. The fourth-order valence-electron chi connectivity index (χ4n) is 1.86. The normalized spacial score (nSPS) is 12.9.